The van der Waals surface area contributed by atoms with Crippen molar-refractivity contribution in [1.29, 1.82) is 0 Å². The van der Waals surface area contributed by atoms with Gasteiger partial charge in [-0.25, -0.2) is 9.97 Å². The van der Waals surface area contributed by atoms with E-state index in [0.29, 0.717) is 30.1 Å². The van der Waals surface area contributed by atoms with E-state index in [1.807, 2.05) is 29.8 Å². The SMILES string of the molecule is C#Cc1cc2cnc(Nc3ccc(C4CNCCO4)cc3)nc2n(Cc2scnc2C2=CCCC2)c1=O. The summed E-state index contributed by atoms with van der Waals surface area (Å²) < 4.78 is 7.48. The van der Waals surface area contributed by atoms with Crippen molar-refractivity contribution in [3.63, 3.8) is 0 Å². The Hall–Kier alpha value is -3.84. The van der Waals surface area contributed by atoms with Crippen molar-refractivity contribution < 1.29 is 4.74 Å². The highest BCUT2D eigenvalue weighted by atomic mass is 32.1. The Labute approximate surface area is 218 Å². The standard InChI is InChI=1S/C28H26N6O2S/c1-2-18-13-21-14-30-28(32-22-9-7-19(8-10-22)23-15-29-11-12-36-23)33-26(21)34(27(18)35)16-24-25(31-17-37-24)20-5-3-4-6-20/h1,5,7-10,13-14,17,23,29H,3-4,6,11-12,15-16H2,(H,30,32,33). The van der Waals surface area contributed by atoms with Crippen molar-refractivity contribution in [3.8, 4) is 12.3 Å². The highest BCUT2D eigenvalue weighted by molar-refractivity contribution is 7.09. The number of rotatable bonds is 6. The first kappa shape index (κ1) is 23.6. The fraction of sp³-hybridized carbons (Fsp3) is 0.286. The topological polar surface area (TPSA) is 94.0 Å². The Morgan fingerprint density at radius 2 is 2.16 bits per heavy atom. The van der Waals surface area contributed by atoms with Crippen molar-refractivity contribution in [2.45, 2.75) is 31.9 Å². The molecule has 1 aliphatic heterocycles. The molecule has 2 aliphatic rings. The second-order valence-corrected chi connectivity index (χ2v) is 10.1. The van der Waals surface area contributed by atoms with Crippen LogP contribution in [0.2, 0.25) is 0 Å². The number of hydrogen-bond acceptors (Lipinski definition) is 8. The summed E-state index contributed by atoms with van der Waals surface area (Å²) in [5, 5.41) is 7.32. The highest BCUT2D eigenvalue weighted by Crippen LogP contribution is 2.31. The fourth-order valence-electron chi connectivity index (χ4n) is 4.83. The number of nitrogens with one attached hydrogen (secondary N) is 2. The van der Waals surface area contributed by atoms with Gasteiger partial charge in [-0.15, -0.1) is 17.8 Å². The summed E-state index contributed by atoms with van der Waals surface area (Å²) in [6.45, 7) is 2.74. The summed E-state index contributed by atoms with van der Waals surface area (Å²) in [5.74, 6) is 2.92. The predicted octanol–water partition coefficient (Wildman–Crippen LogP) is 4.25. The van der Waals surface area contributed by atoms with Gasteiger partial charge in [0.15, 0.2) is 0 Å². The van der Waals surface area contributed by atoms with Crippen LogP contribution in [0.4, 0.5) is 11.6 Å². The molecule has 1 saturated heterocycles. The van der Waals surface area contributed by atoms with Gasteiger partial charge in [0.2, 0.25) is 5.95 Å². The Balaban J connectivity index is 1.33. The zero-order valence-corrected chi connectivity index (χ0v) is 21.1. The minimum absolute atomic E-state index is 0.0520. The molecule has 186 valence electrons. The number of hydrogen-bond donors (Lipinski definition) is 2. The molecule has 0 saturated carbocycles. The Morgan fingerprint density at radius 3 is 2.92 bits per heavy atom. The minimum atomic E-state index is -0.246. The highest BCUT2D eigenvalue weighted by Gasteiger charge is 2.19. The Morgan fingerprint density at radius 1 is 1.27 bits per heavy atom. The molecule has 6 rings (SSSR count). The molecule has 1 aliphatic carbocycles. The Kier molecular flexibility index (Phi) is 6.53. The molecule has 37 heavy (non-hydrogen) atoms. The van der Waals surface area contributed by atoms with Crippen LogP contribution >= 0.6 is 11.3 Å². The first-order valence-corrected chi connectivity index (χ1v) is 13.3. The average Bonchev–Trinajstić information content (AvgIpc) is 3.63. The third kappa shape index (κ3) is 4.79. The van der Waals surface area contributed by atoms with Crippen LogP contribution in [0.1, 0.15) is 47.1 Å². The molecule has 8 nitrogen and oxygen atoms in total. The van der Waals surface area contributed by atoms with Crippen LogP contribution in [0.3, 0.4) is 0 Å². The number of morpholine rings is 1. The smallest absolute Gasteiger partial charge is 0.268 e. The molecular formula is C28H26N6O2S. The maximum Gasteiger partial charge on any atom is 0.268 e. The number of anilines is 2. The molecule has 1 aromatic carbocycles. The molecule has 1 fully saturated rings. The van der Waals surface area contributed by atoms with E-state index in [-0.39, 0.29) is 17.2 Å². The molecule has 9 heteroatoms. The molecule has 0 bridgehead atoms. The summed E-state index contributed by atoms with van der Waals surface area (Å²) in [6, 6.07) is 9.72. The van der Waals surface area contributed by atoms with Crippen molar-refractivity contribution in [3.05, 3.63) is 80.2 Å². The number of allylic oxidation sites excluding steroid dienone is 2. The van der Waals surface area contributed by atoms with E-state index >= 15 is 0 Å². The Bertz CT molecular complexity index is 1580. The van der Waals surface area contributed by atoms with Gasteiger partial charge in [-0.3, -0.25) is 9.36 Å². The van der Waals surface area contributed by atoms with Gasteiger partial charge in [-0.2, -0.15) is 4.98 Å². The number of aromatic nitrogens is 4. The molecule has 1 atom stereocenters. The van der Waals surface area contributed by atoms with Crippen LogP contribution in [0.5, 0.6) is 0 Å². The summed E-state index contributed by atoms with van der Waals surface area (Å²) in [5.41, 5.74) is 6.59. The summed E-state index contributed by atoms with van der Waals surface area (Å²) in [4.78, 5) is 28.2. The van der Waals surface area contributed by atoms with E-state index in [0.717, 1.165) is 54.2 Å². The van der Waals surface area contributed by atoms with E-state index in [4.69, 9.17) is 16.1 Å². The summed E-state index contributed by atoms with van der Waals surface area (Å²) in [7, 11) is 0. The lowest BCUT2D eigenvalue weighted by atomic mass is 10.1. The molecule has 4 heterocycles. The summed E-state index contributed by atoms with van der Waals surface area (Å²) >= 11 is 1.54. The zero-order chi connectivity index (χ0) is 25.2. The molecule has 4 aromatic rings. The number of fused-ring (bicyclic) bond motifs is 1. The van der Waals surface area contributed by atoms with Crippen LogP contribution in [-0.4, -0.2) is 39.2 Å². The second-order valence-electron chi connectivity index (χ2n) is 9.12. The third-order valence-electron chi connectivity index (χ3n) is 6.74. The van der Waals surface area contributed by atoms with E-state index in [9.17, 15) is 4.79 Å². The van der Waals surface area contributed by atoms with Crippen molar-refractivity contribution in [1.82, 2.24) is 24.8 Å². The summed E-state index contributed by atoms with van der Waals surface area (Å²) in [6.07, 6.45) is 12.9. The quantitative estimate of drug-likeness (QED) is 0.375. The van der Waals surface area contributed by atoms with Crippen LogP contribution < -0.4 is 16.2 Å². The molecule has 0 spiro atoms. The van der Waals surface area contributed by atoms with Crippen molar-refractivity contribution in [2.24, 2.45) is 0 Å². The van der Waals surface area contributed by atoms with Crippen LogP contribution in [-0.2, 0) is 11.3 Å². The first-order valence-electron chi connectivity index (χ1n) is 12.4. The molecule has 1 unspecified atom stereocenters. The molecular weight excluding hydrogens is 484 g/mol. The molecule has 2 N–H and O–H groups in total. The first-order chi connectivity index (χ1) is 18.2. The van der Waals surface area contributed by atoms with Gasteiger partial charge in [0.1, 0.15) is 5.65 Å². The normalized spacial score (nSPS) is 17.5. The van der Waals surface area contributed by atoms with Crippen LogP contribution in [0, 0.1) is 12.3 Å². The van der Waals surface area contributed by atoms with E-state index in [1.54, 1.807) is 28.2 Å². The van der Waals surface area contributed by atoms with Gasteiger partial charge < -0.3 is 15.4 Å². The maximum absolute atomic E-state index is 13.3. The van der Waals surface area contributed by atoms with E-state index in [1.165, 1.54) is 5.57 Å². The maximum atomic E-state index is 13.3. The zero-order valence-electron chi connectivity index (χ0n) is 20.2. The van der Waals surface area contributed by atoms with Gasteiger partial charge >= 0.3 is 0 Å². The molecule has 3 aromatic heterocycles. The van der Waals surface area contributed by atoms with Gasteiger partial charge in [0.05, 0.1) is 40.9 Å². The van der Waals surface area contributed by atoms with Gasteiger partial charge in [0, 0.05) is 30.4 Å². The second kappa shape index (κ2) is 10.3. The number of thiazole rings is 1. The minimum Gasteiger partial charge on any atom is -0.371 e. The number of benzene rings is 1. The largest absolute Gasteiger partial charge is 0.371 e. The lowest BCUT2D eigenvalue weighted by Gasteiger charge is -2.24. The van der Waals surface area contributed by atoms with Crippen LogP contribution in [0.15, 0.2) is 52.9 Å². The molecule has 0 radical (unpaired) electrons. The lowest BCUT2D eigenvalue weighted by molar-refractivity contribution is 0.0277. The third-order valence-corrected chi connectivity index (χ3v) is 7.55. The predicted molar refractivity (Wildman–Crippen MR) is 146 cm³/mol. The van der Waals surface area contributed by atoms with E-state index < -0.39 is 0 Å². The van der Waals surface area contributed by atoms with Crippen molar-refractivity contribution in [2.75, 3.05) is 25.0 Å². The molecule has 0 amide bonds. The van der Waals surface area contributed by atoms with Gasteiger partial charge in [-0.1, -0.05) is 24.1 Å². The monoisotopic (exact) mass is 510 g/mol. The van der Waals surface area contributed by atoms with Crippen molar-refractivity contribution >= 4 is 39.6 Å². The average molecular weight is 511 g/mol. The number of ether oxygens (including phenoxy) is 1. The number of terminal acetylenes is 1. The fourth-order valence-corrected chi connectivity index (χ4v) is 5.62. The van der Waals surface area contributed by atoms with E-state index in [2.05, 4.69) is 32.6 Å². The van der Waals surface area contributed by atoms with Gasteiger partial charge in [-0.05, 0) is 48.6 Å². The number of pyridine rings is 1. The van der Waals surface area contributed by atoms with Crippen LogP contribution in [0.25, 0.3) is 16.6 Å². The lowest BCUT2D eigenvalue weighted by Crippen LogP contribution is -2.33. The van der Waals surface area contributed by atoms with Gasteiger partial charge in [0.25, 0.3) is 5.56 Å². The number of nitrogens with zero attached hydrogens (tertiary/aromatic N) is 4.